The van der Waals surface area contributed by atoms with Gasteiger partial charge < -0.3 is 5.32 Å². The first-order valence-corrected chi connectivity index (χ1v) is 9.34. The summed E-state index contributed by atoms with van der Waals surface area (Å²) >= 11 is 7.83. The van der Waals surface area contributed by atoms with Gasteiger partial charge in [-0.15, -0.1) is 11.3 Å². The van der Waals surface area contributed by atoms with Gasteiger partial charge in [0.1, 0.15) is 0 Å². The molecule has 3 nitrogen and oxygen atoms in total. The van der Waals surface area contributed by atoms with Crippen molar-refractivity contribution in [2.75, 3.05) is 12.8 Å². The zero-order valence-corrected chi connectivity index (χ0v) is 13.5. The summed E-state index contributed by atoms with van der Waals surface area (Å²) in [5.74, 6) is 0. The first-order chi connectivity index (χ1) is 9.48. The fourth-order valence-corrected chi connectivity index (χ4v) is 3.90. The van der Waals surface area contributed by atoms with Crippen LogP contribution in [-0.4, -0.2) is 21.2 Å². The molecule has 0 saturated heterocycles. The Kier molecular flexibility index (Phi) is 5.21. The standard InChI is InChI=1S/C14H16ClNO2S2/c1-20(17,18)14-6-2-5-13(15)12(14)10-16-8-7-11-4-3-9-19-11/h2-6,9,16H,7-8,10H2,1H3. The molecule has 0 amide bonds. The highest BCUT2D eigenvalue weighted by molar-refractivity contribution is 7.90. The van der Waals surface area contributed by atoms with Gasteiger partial charge in [-0.25, -0.2) is 8.42 Å². The van der Waals surface area contributed by atoms with Crippen LogP contribution in [0.1, 0.15) is 10.4 Å². The molecule has 2 aromatic rings. The second-order valence-corrected chi connectivity index (χ2v) is 7.92. The molecule has 0 fully saturated rings. The Balaban J connectivity index is 2.02. The molecule has 6 heteroatoms. The highest BCUT2D eigenvalue weighted by atomic mass is 35.5. The lowest BCUT2D eigenvalue weighted by Gasteiger charge is -2.11. The maximum absolute atomic E-state index is 11.7. The fraction of sp³-hybridized carbons (Fsp3) is 0.286. The van der Waals surface area contributed by atoms with Gasteiger partial charge in [0.2, 0.25) is 0 Å². The van der Waals surface area contributed by atoms with Crippen LogP contribution in [0.15, 0.2) is 40.6 Å². The summed E-state index contributed by atoms with van der Waals surface area (Å²) in [6.45, 7) is 1.24. The Morgan fingerprint density at radius 2 is 2.05 bits per heavy atom. The highest BCUT2D eigenvalue weighted by Gasteiger charge is 2.15. The number of rotatable bonds is 6. The monoisotopic (exact) mass is 329 g/mol. The first-order valence-electron chi connectivity index (χ1n) is 6.19. The van der Waals surface area contributed by atoms with E-state index in [4.69, 9.17) is 11.6 Å². The van der Waals surface area contributed by atoms with E-state index in [0.29, 0.717) is 22.0 Å². The SMILES string of the molecule is CS(=O)(=O)c1cccc(Cl)c1CNCCc1cccs1. The normalized spacial score (nSPS) is 11.7. The van der Waals surface area contributed by atoms with E-state index in [1.165, 1.54) is 11.1 Å². The Bertz CT molecular complexity index is 666. The van der Waals surface area contributed by atoms with Crippen molar-refractivity contribution >= 4 is 32.8 Å². The Labute approximate surface area is 128 Å². The van der Waals surface area contributed by atoms with E-state index in [2.05, 4.69) is 11.4 Å². The molecular formula is C14H16ClNO2S2. The van der Waals surface area contributed by atoms with E-state index >= 15 is 0 Å². The van der Waals surface area contributed by atoms with Crippen molar-refractivity contribution in [3.8, 4) is 0 Å². The number of halogens is 1. The van der Waals surface area contributed by atoms with Crippen LogP contribution in [0.25, 0.3) is 0 Å². The summed E-state index contributed by atoms with van der Waals surface area (Å²) in [7, 11) is -3.26. The van der Waals surface area contributed by atoms with E-state index in [9.17, 15) is 8.42 Å². The van der Waals surface area contributed by atoms with Gasteiger partial charge in [0.05, 0.1) is 4.90 Å². The molecule has 1 heterocycles. The minimum atomic E-state index is -3.26. The van der Waals surface area contributed by atoms with E-state index in [1.54, 1.807) is 29.5 Å². The van der Waals surface area contributed by atoms with Crippen LogP contribution in [0, 0.1) is 0 Å². The molecule has 1 aromatic heterocycles. The number of hydrogen-bond acceptors (Lipinski definition) is 4. The van der Waals surface area contributed by atoms with Gasteiger partial charge in [-0.1, -0.05) is 23.7 Å². The van der Waals surface area contributed by atoms with Crippen molar-refractivity contribution in [3.63, 3.8) is 0 Å². The minimum Gasteiger partial charge on any atom is -0.312 e. The molecule has 0 aliphatic rings. The largest absolute Gasteiger partial charge is 0.312 e. The lowest BCUT2D eigenvalue weighted by molar-refractivity contribution is 0.598. The van der Waals surface area contributed by atoms with Gasteiger partial charge in [-0.3, -0.25) is 0 Å². The summed E-state index contributed by atoms with van der Waals surface area (Å²) in [5, 5.41) is 5.78. The van der Waals surface area contributed by atoms with Gasteiger partial charge in [-0.2, -0.15) is 0 Å². The quantitative estimate of drug-likeness (QED) is 0.828. The molecule has 0 radical (unpaired) electrons. The van der Waals surface area contributed by atoms with Crippen molar-refractivity contribution in [2.24, 2.45) is 0 Å². The molecule has 0 bridgehead atoms. The molecule has 20 heavy (non-hydrogen) atoms. The molecule has 0 unspecified atom stereocenters. The second-order valence-electron chi connectivity index (χ2n) is 4.49. The molecule has 2 rings (SSSR count). The van der Waals surface area contributed by atoms with E-state index < -0.39 is 9.84 Å². The molecule has 0 spiro atoms. The average Bonchev–Trinajstić information content (AvgIpc) is 2.88. The lowest BCUT2D eigenvalue weighted by atomic mass is 10.2. The summed E-state index contributed by atoms with van der Waals surface area (Å²) in [6.07, 6.45) is 2.13. The predicted molar refractivity (Wildman–Crippen MR) is 84.3 cm³/mol. The average molecular weight is 330 g/mol. The first kappa shape index (κ1) is 15.5. The molecule has 108 valence electrons. The molecule has 0 atom stereocenters. The van der Waals surface area contributed by atoms with Crippen molar-refractivity contribution in [3.05, 3.63) is 51.2 Å². The van der Waals surface area contributed by atoms with Crippen molar-refractivity contribution in [1.82, 2.24) is 5.32 Å². The Morgan fingerprint density at radius 3 is 2.70 bits per heavy atom. The third kappa shape index (κ3) is 4.06. The lowest BCUT2D eigenvalue weighted by Crippen LogP contribution is -2.18. The third-order valence-corrected chi connectivity index (χ3v) is 5.38. The molecule has 1 N–H and O–H groups in total. The van der Waals surface area contributed by atoms with E-state index in [-0.39, 0.29) is 0 Å². The van der Waals surface area contributed by atoms with Crippen molar-refractivity contribution in [1.29, 1.82) is 0 Å². The van der Waals surface area contributed by atoms with Crippen LogP contribution in [-0.2, 0) is 22.8 Å². The van der Waals surface area contributed by atoms with Gasteiger partial charge in [-0.05, 0) is 30.0 Å². The van der Waals surface area contributed by atoms with Gasteiger partial charge in [0, 0.05) is 34.8 Å². The van der Waals surface area contributed by atoms with E-state index in [0.717, 1.165) is 13.0 Å². The van der Waals surface area contributed by atoms with Gasteiger partial charge >= 0.3 is 0 Å². The Hall–Kier alpha value is -0.880. The topological polar surface area (TPSA) is 46.2 Å². The minimum absolute atomic E-state index is 0.300. The van der Waals surface area contributed by atoms with Crippen LogP contribution in [0.5, 0.6) is 0 Å². The van der Waals surface area contributed by atoms with Crippen LogP contribution in [0.3, 0.4) is 0 Å². The van der Waals surface area contributed by atoms with Gasteiger partial charge in [0.25, 0.3) is 0 Å². The molecule has 0 saturated carbocycles. The number of sulfone groups is 1. The second kappa shape index (κ2) is 6.72. The summed E-state index contributed by atoms with van der Waals surface area (Å²) in [6, 6.07) is 9.08. The highest BCUT2D eigenvalue weighted by Crippen LogP contribution is 2.23. The maximum atomic E-state index is 11.7. The van der Waals surface area contributed by atoms with Crippen molar-refractivity contribution < 1.29 is 8.42 Å². The zero-order valence-electron chi connectivity index (χ0n) is 11.1. The predicted octanol–water partition coefficient (Wildman–Crippen LogP) is 3.14. The van der Waals surface area contributed by atoms with Crippen LogP contribution in [0.2, 0.25) is 5.02 Å². The molecule has 0 aliphatic heterocycles. The molecular weight excluding hydrogens is 314 g/mol. The van der Waals surface area contributed by atoms with Crippen LogP contribution in [0.4, 0.5) is 0 Å². The zero-order chi connectivity index (χ0) is 14.6. The maximum Gasteiger partial charge on any atom is 0.175 e. The number of benzene rings is 1. The number of thiophene rings is 1. The smallest absolute Gasteiger partial charge is 0.175 e. The summed E-state index contributed by atoms with van der Waals surface area (Å²) in [4.78, 5) is 1.61. The number of hydrogen-bond donors (Lipinski definition) is 1. The van der Waals surface area contributed by atoms with Crippen LogP contribution < -0.4 is 5.32 Å². The number of nitrogens with one attached hydrogen (secondary N) is 1. The summed E-state index contributed by atoms with van der Waals surface area (Å²) < 4.78 is 23.5. The summed E-state index contributed by atoms with van der Waals surface area (Å²) in [5.41, 5.74) is 0.642. The van der Waals surface area contributed by atoms with Crippen LogP contribution >= 0.6 is 22.9 Å². The fourth-order valence-electron chi connectivity index (χ4n) is 1.94. The van der Waals surface area contributed by atoms with Crippen molar-refractivity contribution in [2.45, 2.75) is 17.9 Å². The molecule has 0 aliphatic carbocycles. The molecule has 1 aromatic carbocycles. The third-order valence-electron chi connectivity index (χ3n) is 2.91. The van der Waals surface area contributed by atoms with E-state index in [1.807, 2.05) is 11.4 Å². The van der Waals surface area contributed by atoms with Gasteiger partial charge in [0.15, 0.2) is 9.84 Å². The Morgan fingerprint density at radius 1 is 1.25 bits per heavy atom.